The minimum Gasteiger partial charge on any atom is -0.284 e. The van der Waals surface area contributed by atoms with Crippen molar-refractivity contribution in [3.63, 3.8) is 0 Å². The van der Waals surface area contributed by atoms with Gasteiger partial charge in [0.1, 0.15) is 23.1 Å². The van der Waals surface area contributed by atoms with Crippen LogP contribution in [0, 0.1) is 23.1 Å². The van der Waals surface area contributed by atoms with Gasteiger partial charge in [0.05, 0.1) is 11.0 Å². The predicted octanol–water partition coefficient (Wildman–Crippen LogP) is 3.91. The van der Waals surface area contributed by atoms with Gasteiger partial charge in [0, 0.05) is 18.8 Å². The number of amides is 1. The Bertz CT molecular complexity index is 1080. The van der Waals surface area contributed by atoms with Gasteiger partial charge >= 0.3 is 11.8 Å². The van der Waals surface area contributed by atoms with Crippen LogP contribution in [0.4, 0.5) is 27.9 Å². The van der Waals surface area contributed by atoms with Crippen molar-refractivity contribution in [1.29, 1.82) is 5.26 Å². The van der Waals surface area contributed by atoms with Crippen molar-refractivity contribution in [3.05, 3.63) is 23.5 Å². The van der Waals surface area contributed by atoms with Crippen LogP contribution in [0.5, 0.6) is 0 Å². The standard InChI is InChI=1S/C18H13F5N4O/c19-11-2-3-12-14(10(11)8-24)27-15(25-12)26(16(27)4-1-5-16)13(28)6-9-7-17(20,21)18(9,22)23/h2-3,9H,1,4-7H2. The highest BCUT2D eigenvalue weighted by Crippen LogP contribution is 2.59. The number of halogens is 5. The highest BCUT2D eigenvalue weighted by Gasteiger charge is 2.72. The number of carbonyl (C=O) groups excluding carboxylic acids is 1. The van der Waals surface area contributed by atoms with Crippen molar-refractivity contribution < 1.29 is 26.7 Å². The Morgan fingerprint density at radius 1 is 1.29 bits per heavy atom. The molecule has 5 rings (SSSR count). The molecule has 1 spiro atoms. The van der Waals surface area contributed by atoms with Gasteiger partial charge in [-0.25, -0.2) is 9.37 Å². The number of rotatable bonds is 2. The van der Waals surface area contributed by atoms with E-state index in [-0.39, 0.29) is 17.0 Å². The molecule has 3 aliphatic rings. The molecule has 1 aromatic carbocycles. The van der Waals surface area contributed by atoms with E-state index in [1.54, 1.807) is 10.6 Å². The first kappa shape index (κ1) is 17.4. The molecule has 0 N–H and O–H groups in total. The molecule has 2 heterocycles. The van der Waals surface area contributed by atoms with Crippen molar-refractivity contribution in [2.45, 2.75) is 49.6 Å². The minimum atomic E-state index is -4.21. The van der Waals surface area contributed by atoms with E-state index in [4.69, 9.17) is 0 Å². The van der Waals surface area contributed by atoms with Gasteiger partial charge in [-0.3, -0.25) is 14.3 Å². The molecule has 1 aromatic heterocycles. The van der Waals surface area contributed by atoms with Gasteiger partial charge in [0.2, 0.25) is 11.9 Å². The Morgan fingerprint density at radius 2 is 2.00 bits per heavy atom. The molecule has 2 saturated carbocycles. The van der Waals surface area contributed by atoms with E-state index in [9.17, 15) is 32.0 Å². The zero-order chi connectivity index (χ0) is 20.1. The van der Waals surface area contributed by atoms with E-state index < -0.39 is 48.0 Å². The number of fused-ring (bicyclic) bond motifs is 4. The molecule has 0 saturated heterocycles. The smallest absolute Gasteiger partial charge is 0.284 e. The molecule has 1 aliphatic heterocycles. The van der Waals surface area contributed by atoms with Gasteiger partial charge < -0.3 is 0 Å². The maximum atomic E-state index is 14.0. The van der Waals surface area contributed by atoms with Crippen LogP contribution < -0.4 is 4.90 Å². The molecule has 10 heteroatoms. The van der Waals surface area contributed by atoms with Gasteiger partial charge in [-0.05, 0) is 31.4 Å². The normalized spacial score (nSPS) is 25.4. The fourth-order valence-corrected chi connectivity index (χ4v) is 4.55. The van der Waals surface area contributed by atoms with Crippen molar-refractivity contribution in [2.24, 2.45) is 5.92 Å². The summed E-state index contributed by atoms with van der Waals surface area (Å²) in [6.07, 6.45) is -0.0108. The molecule has 1 unspecified atom stereocenters. The SMILES string of the molecule is N#Cc1c(F)ccc2nc3n(c12)C1(CCC1)N3C(=O)CC1CC(F)(F)C1(F)F. The van der Waals surface area contributed by atoms with Crippen LogP contribution in [0.2, 0.25) is 0 Å². The van der Waals surface area contributed by atoms with Crippen LogP contribution in [0.3, 0.4) is 0 Å². The number of hydrogen-bond donors (Lipinski definition) is 0. The number of anilines is 1. The lowest BCUT2D eigenvalue weighted by Gasteiger charge is -2.58. The van der Waals surface area contributed by atoms with Crippen molar-refractivity contribution >= 4 is 22.9 Å². The van der Waals surface area contributed by atoms with Crippen LogP contribution in [0.1, 0.15) is 37.7 Å². The fraction of sp³-hybridized carbons (Fsp3) is 0.500. The van der Waals surface area contributed by atoms with Crippen LogP contribution in [0.15, 0.2) is 12.1 Å². The molecule has 5 nitrogen and oxygen atoms in total. The van der Waals surface area contributed by atoms with Gasteiger partial charge in [0.15, 0.2) is 0 Å². The predicted molar refractivity (Wildman–Crippen MR) is 86.3 cm³/mol. The van der Waals surface area contributed by atoms with E-state index in [1.807, 2.05) is 0 Å². The largest absolute Gasteiger partial charge is 0.313 e. The van der Waals surface area contributed by atoms with Gasteiger partial charge in [-0.1, -0.05) is 0 Å². The minimum absolute atomic E-state index is 0.135. The van der Waals surface area contributed by atoms with E-state index in [0.717, 1.165) is 12.5 Å². The van der Waals surface area contributed by atoms with E-state index in [2.05, 4.69) is 4.98 Å². The molecule has 1 amide bonds. The fourth-order valence-electron chi connectivity index (χ4n) is 4.55. The number of imidazole rings is 1. The van der Waals surface area contributed by atoms with Gasteiger partial charge in [-0.2, -0.15) is 22.8 Å². The van der Waals surface area contributed by atoms with E-state index >= 15 is 0 Å². The number of aromatic nitrogens is 2. The van der Waals surface area contributed by atoms with Crippen molar-refractivity contribution in [3.8, 4) is 6.07 Å². The molecule has 1 atom stereocenters. The second-order valence-corrected chi connectivity index (χ2v) is 7.65. The third kappa shape index (κ3) is 1.80. The molecule has 0 radical (unpaired) electrons. The molecule has 146 valence electrons. The second-order valence-electron chi connectivity index (χ2n) is 7.65. The average Bonchev–Trinajstić information content (AvgIpc) is 2.88. The molecule has 0 bridgehead atoms. The van der Waals surface area contributed by atoms with Crippen molar-refractivity contribution in [2.75, 3.05) is 4.90 Å². The zero-order valence-electron chi connectivity index (χ0n) is 14.4. The van der Waals surface area contributed by atoms with Crippen LogP contribution in [0.25, 0.3) is 11.0 Å². The number of nitrogens with zero attached hydrogens (tertiary/aromatic N) is 4. The Labute approximate surface area is 155 Å². The van der Waals surface area contributed by atoms with E-state index in [0.29, 0.717) is 18.4 Å². The highest BCUT2D eigenvalue weighted by molar-refractivity contribution is 6.00. The number of carbonyl (C=O) groups is 1. The number of alkyl halides is 4. The summed E-state index contributed by atoms with van der Waals surface area (Å²) in [6.45, 7) is 0. The Morgan fingerprint density at radius 3 is 2.54 bits per heavy atom. The van der Waals surface area contributed by atoms with Crippen LogP contribution in [-0.4, -0.2) is 27.3 Å². The molecular weight excluding hydrogens is 383 g/mol. The summed E-state index contributed by atoms with van der Waals surface area (Å²) in [6, 6.07) is 4.29. The lowest BCUT2D eigenvalue weighted by molar-refractivity contribution is -0.313. The number of benzene rings is 1. The third-order valence-electron chi connectivity index (χ3n) is 6.22. The lowest BCUT2D eigenvalue weighted by Crippen LogP contribution is -2.67. The quantitative estimate of drug-likeness (QED) is 0.723. The molecule has 2 aromatic rings. The summed E-state index contributed by atoms with van der Waals surface area (Å²) >= 11 is 0. The first-order valence-corrected chi connectivity index (χ1v) is 8.84. The summed E-state index contributed by atoms with van der Waals surface area (Å²) < 4.78 is 69.0. The molecule has 28 heavy (non-hydrogen) atoms. The lowest BCUT2D eigenvalue weighted by atomic mass is 9.73. The summed E-state index contributed by atoms with van der Waals surface area (Å²) in [5.41, 5.74) is -0.501. The topological polar surface area (TPSA) is 61.9 Å². The van der Waals surface area contributed by atoms with Crippen molar-refractivity contribution in [1.82, 2.24) is 9.55 Å². The molecule has 2 fully saturated rings. The monoisotopic (exact) mass is 396 g/mol. The summed E-state index contributed by atoms with van der Waals surface area (Å²) in [5.74, 6) is -11.3. The summed E-state index contributed by atoms with van der Waals surface area (Å²) in [7, 11) is 0. The van der Waals surface area contributed by atoms with Gasteiger partial charge in [0.25, 0.3) is 0 Å². The van der Waals surface area contributed by atoms with E-state index in [1.165, 1.54) is 11.0 Å². The average molecular weight is 396 g/mol. The number of hydrogen-bond acceptors (Lipinski definition) is 3. The maximum absolute atomic E-state index is 14.0. The third-order valence-corrected chi connectivity index (χ3v) is 6.22. The maximum Gasteiger partial charge on any atom is 0.313 e. The molecular formula is C18H13F5N4O. The Hall–Kier alpha value is -2.70. The molecule has 2 aliphatic carbocycles. The van der Waals surface area contributed by atoms with Crippen LogP contribution >= 0.6 is 0 Å². The first-order chi connectivity index (χ1) is 13.1. The van der Waals surface area contributed by atoms with Crippen LogP contribution in [-0.2, 0) is 10.5 Å². The first-order valence-electron chi connectivity index (χ1n) is 8.84. The second kappa shape index (κ2) is 5.01. The zero-order valence-corrected chi connectivity index (χ0v) is 14.4. The Balaban J connectivity index is 1.54. The highest BCUT2D eigenvalue weighted by atomic mass is 19.3. The summed E-state index contributed by atoms with van der Waals surface area (Å²) in [5, 5.41) is 9.31. The Kier molecular flexibility index (Phi) is 3.12. The summed E-state index contributed by atoms with van der Waals surface area (Å²) in [4.78, 5) is 18.3. The van der Waals surface area contributed by atoms with Gasteiger partial charge in [-0.15, -0.1) is 0 Å². The number of nitriles is 1.